The number of hydrogen-bond acceptors (Lipinski definition) is 4. The van der Waals surface area contributed by atoms with Crippen molar-refractivity contribution in [1.29, 1.82) is 0 Å². The lowest BCUT2D eigenvalue weighted by Gasteiger charge is -2.27. The highest BCUT2D eigenvalue weighted by atomic mass is 127. The Labute approximate surface area is 197 Å². The second-order valence-electron chi connectivity index (χ2n) is 8.62. The van der Waals surface area contributed by atoms with Crippen molar-refractivity contribution in [2.75, 3.05) is 39.8 Å². The van der Waals surface area contributed by atoms with Crippen LogP contribution in [0, 0.1) is 5.92 Å². The standard InChI is InChI=1S/C22H35N5O2.HI/c1-23-22(24-15-19(20-9-6-14-29-20)26-11-4-5-12-26)25-18-10-13-27(16-18)21(28)17-7-2-3-8-17;/h6,9,14,17-19H,2-5,7-8,10-13,15-16H2,1H3,(H2,23,24,25);1H. The molecule has 7 nitrogen and oxygen atoms in total. The van der Waals surface area contributed by atoms with E-state index in [9.17, 15) is 4.79 Å². The number of hydrogen-bond donors (Lipinski definition) is 2. The molecule has 2 atom stereocenters. The summed E-state index contributed by atoms with van der Waals surface area (Å²) in [6, 6.07) is 4.50. The molecule has 2 unspecified atom stereocenters. The van der Waals surface area contributed by atoms with Crippen LogP contribution in [0.2, 0.25) is 0 Å². The largest absolute Gasteiger partial charge is 0.468 e. The molecule has 1 amide bonds. The molecule has 1 aromatic heterocycles. The molecule has 2 N–H and O–H groups in total. The molecule has 4 rings (SSSR count). The van der Waals surface area contributed by atoms with Gasteiger partial charge in [0.2, 0.25) is 5.91 Å². The van der Waals surface area contributed by atoms with Gasteiger partial charge in [-0.15, -0.1) is 24.0 Å². The molecule has 30 heavy (non-hydrogen) atoms. The summed E-state index contributed by atoms with van der Waals surface area (Å²) in [7, 11) is 1.81. The molecule has 1 aromatic rings. The number of furan rings is 1. The number of amides is 1. The lowest BCUT2D eigenvalue weighted by atomic mass is 10.1. The molecule has 1 aliphatic carbocycles. The molecular weight excluding hydrogens is 493 g/mol. The minimum absolute atomic E-state index is 0. The van der Waals surface area contributed by atoms with Gasteiger partial charge in [0.05, 0.1) is 12.3 Å². The highest BCUT2D eigenvalue weighted by Gasteiger charge is 2.33. The first-order chi connectivity index (χ1) is 14.2. The summed E-state index contributed by atoms with van der Waals surface area (Å²) in [4.78, 5) is 21.6. The van der Waals surface area contributed by atoms with E-state index in [0.29, 0.717) is 5.91 Å². The van der Waals surface area contributed by atoms with Crippen LogP contribution in [0.4, 0.5) is 0 Å². The number of nitrogens with one attached hydrogen (secondary N) is 2. The van der Waals surface area contributed by atoms with Crippen molar-refractivity contribution in [2.45, 2.75) is 57.0 Å². The molecule has 1 saturated carbocycles. The molecule has 2 saturated heterocycles. The SMILES string of the molecule is CN=C(NCC(c1ccco1)N1CCCC1)NC1CCN(C(=O)C2CCCC2)C1.I. The average molecular weight is 529 g/mol. The topological polar surface area (TPSA) is 73.1 Å². The van der Waals surface area contributed by atoms with Crippen molar-refractivity contribution in [3.8, 4) is 0 Å². The molecule has 0 radical (unpaired) electrons. The maximum Gasteiger partial charge on any atom is 0.225 e. The highest BCUT2D eigenvalue weighted by molar-refractivity contribution is 14.0. The van der Waals surface area contributed by atoms with Crippen molar-refractivity contribution in [2.24, 2.45) is 10.9 Å². The fraction of sp³-hybridized carbons (Fsp3) is 0.727. The van der Waals surface area contributed by atoms with Crippen molar-refractivity contribution in [1.82, 2.24) is 20.4 Å². The number of carbonyl (C=O) groups is 1. The monoisotopic (exact) mass is 529 g/mol. The van der Waals surface area contributed by atoms with Gasteiger partial charge in [-0.2, -0.15) is 0 Å². The molecule has 3 heterocycles. The Bertz CT molecular complexity index is 684. The van der Waals surface area contributed by atoms with Crippen LogP contribution in [-0.2, 0) is 4.79 Å². The Kier molecular flexibility index (Phi) is 8.85. The van der Waals surface area contributed by atoms with E-state index in [1.54, 1.807) is 6.26 Å². The second kappa shape index (κ2) is 11.4. The smallest absolute Gasteiger partial charge is 0.225 e. The van der Waals surface area contributed by atoms with Crippen LogP contribution >= 0.6 is 24.0 Å². The minimum Gasteiger partial charge on any atom is -0.468 e. The lowest BCUT2D eigenvalue weighted by Crippen LogP contribution is -2.47. The fourth-order valence-corrected chi connectivity index (χ4v) is 5.03. The molecular formula is C22H36IN5O2. The fourth-order valence-electron chi connectivity index (χ4n) is 5.03. The minimum atomic E-state index is 0. The molecule has 3 aliphatic rings. The number of likely N-dealkylation sites (tertiary alicyclic amines) is 2. The van der Waals surface area contributed by atoms with Crippen molar-refractivity contribution >= 4 is 35.8 Å². The summed E-state index contributed by atoms with van der Waals surface area (Å²) >= 11 is 0. The molecule has 3 fully saturated rings. The van der Waals surface area contributed by atoms with Gasteiger partial charge < -0.3 is 20.0 Å². The van der Waals surface area contributed by atoms with E-state index in [-0.39, 0.29) is 42.0 Å². The van der Waals surface area contributed by atoms with Crippen molar-refractivity contribution in [3.63, 3.8) is 0 Å². The quantitative estimate of drug-likeness (QED) is 0.337. The van der Waals surface area contributed by atoms with Gasteiger partial charge in [-0.1, -0.05) is 12.8 Å². The molecule has 8 heteroatoms. The zero-order chi connectivity index (χ0) is 20.1. The normalized spacial score (nSPS) is 24.1. The van der Waals surface area contributed by atoms with Crippen LogP contribution in [0.3, 0.4) is 0 Å². The average Bonchev–Trinajstić information content (AvgIpc) is 3.55. The number of rotatable bonds is 6. The number of guanidine groups is 1. The third-order valence-electron chi connectivity index (χ3n) is 6.68. The van der Waals surface area contributed by atoms with E-state index in [0.717, 1.165) is 63.7 Å². The van der Waals surface area contributed by atoms with Crippen LogP contribution in [-0.4, -0.2) is 67.5 Å². The number of halogens is 1. The molecule has 0 bridgehead atoms. The Balaban J connectivity index is 0.00000256. The van der Waals surface area contributed by atoms with E-state index >= 15 is 0 Å². The Hall–Kier alpha value is -1.29. The summed E-state index contributed by atoms with van der Waals surface area (Å²) in [5, 5.41) is 7.02. The Morgan fingerprint density at radius 1 is 1.20 bits per heavy atom. The molecule has 2 aliphatic heterocycles. The molecule has 168 valence electrons. The molecule has 0 spiro atoms. The first-order valence-corrected chi connectivity index (χ1v) is 11.3. The van der Waals surface area contributed by atoms with Gasteiger partial charge in [0.1, 0.15) is 5.76 Å². The van der Waals surface area contributed by atoms with E-state index in [1.165, 1.54) is 25.7 Å². The van der Waals surface area contributed by atoms with Crippen molar-refractivity contribution < 1.29 is 9.21 Å². The first-order valence-electron chi connectivity index (χ1n) is 11.3. The van der Waals surface area contributed by atoms with Crippen LogP contribution in [0.25, 0.3) is 0 Å². The van der Waals surface area contributed by atoms with Gasteiger partial charge in [-0.25, -0.2) is 0 Å². The lowest BCUT2D eigenvalue weighted by molar-refractivity contribution is -0.134. The Morgan fingerprint density at radius 2 is 1.97 bits per heavy atom. The van der Waals surface area contributed by atoms with Gasteiger partial charge in [-0.05, 0) is 57.3 Å². The van der Waals surface area contributed by atoms with E-state index in [1.807, 2.05) is 13.1 Å². The van der Waals surface area contributed by atoms with Crippen LogP contribution in [0.1, 0.15) is 56.7 Å². The van der Waals surface area contributed by atoms with Crippen LogP contribution in [0.5, 0.6) is 0 Å². The summed E-state index contributed by atoms with van der Waals surface area (Å²) in [6.45, 7) is 4.61. The van der Waals surface area contributed by atoms with Gasteiger partial charge in [0, 0.05) is 38.6 Å². The zero-order valence-electron chi connectivity index (χ0n) is 18.0. The van der Waals surface area contributed by atoms with Gasteiger partial charge >= 0.3 is 0 Å². The second-order valence-corrected chi connectivity index (χ2v) is 8.62. The first kappa shape index (κ1) is 23.4. The summed E-state index contributed by atoms with van der Waals surface area (Å²) in [6.07, 6.45) is 9.77. The van der Waals surface area contributed by atoms with Crippen molar-refractivity contribution in [3.05, 3.63) is 24.2 Å². The number of aliphatic imine (C=N–C) groups is 1. The van der Waals surface area contributed by atoms with Crippen LogP contribution < -0.4 is 10.6 Å². The van der Waals surface area contributed by atoms with Gasteiger partial charge in [0.25, 0.3) is 0 Å². The third-order valence-corrected chi connectivity index (χ3v) is 6.68. The third kappa shape index (κ3) is 5.69. The predicted octanol–water partition coefficient (Wildman–Crippen LogP) is 2.99. The highest BCUT2D eigenvalue weighted by Crippen LogP contribution is 2.28. The van der Waals surface area contributed by atoms with E-state index < -0.39 is 0 Å². The summed E-state index contributed by atoms with van der Waals surface area (Å²) in [5.41, 5.74) is 0. The maximum absolute atomic E-state index is 12.7. The number of nitrogens with zero attached hydrogens (tertiary/aromatic N) is 3. The number of carbonyl (C=O) groups excluding carboxylic acids is 1. The predicted molar refractivity (Wildman–Crippen MR) is 129 cm³/mol. The van der Waals surface area contributed by atoms with Gasteiger partial charge in [0.15, 0.2) is 5.96 Å². The van der Waals surface area contributed by atoms with Crippen LogP contribution in [0.15, 0.2) is 27.8 Å². The summed E-state index contributed by atoms with van der Waals surface area (Å²) in [5.74, 6) is 2.44. The zero-order valence-corrected chi connectivity index (χ0v) is 20.3. The maximum atomic E-state index is 12.7. The molecule has 0 aromatic carbocycles. The van der Waals surface area contributed by atoms with Gasteiger partial charge in [-0.3, -0.25) is 14.7 Å². The van der Waals surface area contributed by atoms with E-state index in [2.05, 4.69) is 31.5 Å². The summed E-state index contributed by atoms with van der Waals surface area (Å²) < 4.78 is 5.71. The van der Waals surface area contributed by atoms with E-state index in [4.69, 9.17) is 4.42 Å². The Morgan fingerprint density at radius 3 is 2.63 bits per heavy atom.